The summed E-state index contributed by atoms with van der Waals surface area (Å²) in [6, 6.07) is 0.190. The van der Waals surface area contributed by atoms with Gasteiger partial charge in [-0.25, -0.2) is 4.79 Å². The van der Waals surface area contributed by atoms with E-state index in [1.165, 1.54) is 23.7 Å². The molecule has 1 aliphatic heterocycles. The van der Waals surface area contributed by atoms with Crippen molar-refractivity contribution in [1.29, 1.82) is 0 Å². The van der Waals surface area contributed by atoms with Gasteiger partial charge in [-0.2, -0.15) is 0 Å². The van der Waals surface area contributed by atoms with E-state index in [2.05, 4.69) is 30.9 Å². The molecule has 2 heterocycles. The van der Waals surface area contributed by atoms with Gasteiger partial charge >= 0.3 is 5.97 Å². The quantitative estimate of drug-likeness (QED) is 0.774. The summed E-state index contributed by atoms with van der Waals surface area (Å²) in [6.45, 7) is 7.68. The number of likely N-dealkylation sites (tertiary alicyclic amines) is 1. The number of carboxylic acid groups (broad SMARTS) is 1. The van der Waals surface area contributed by atoms with Gasteiger partial charge in [-0.3, -0.25) is 4.79 Å². The van der Waals surface area contributed by atoms with Crippen molar-refractivity contribution in [3.8, 4) is 5.75 Å². The number of carboxylic acids is 1. The molecular weight excluding hydrogens is 320 g/mol. The van der Waals surface area contributed by atoms with Crippen molar-refractivity contribution < 1.29 is 15.0 Å². The van der Waals surface area contributed by atoms with Crippen molar-refractivity contribution >= 4 is 5.97 Å². The first-order valence-corrected chi connectivity index (χ1v) is 8.65. The zero-order valence-corrected chi connectivity index (χ0v) is 15.0. The summed E-state index contributed by atoms with van der Waals surface area (Å²) in [4.78, 5) is 25.2. The SMILES string of the molecule is C/C=C(\C(C)=C/CC)N1CCCC1Cn1cc(O)c(=O)c(C(=O)O)c1. The van der Waals surface area contributed by atoms with Crippen LogP contribution >= 0.6 is 0 Å². The maximum absolute atomic E-state index is 11.7. The minimum absolute atomic E-state index is 0.190. The largest absolute Gasteiger partial charge is 0.503 e. The second kappa shape index (κ2) is 8.05. The van der Waals surface area contributed by atoms with E-state index in [9.17, 15) is 14.7 Å². The standard InChI is InChI=1S/C19H26N2O4/c1-4-7-13(3)16(5-2)21-9-6-8-14(21)10-20-11-15(19(24)25)18(23)17(22)12-20/h5,7,11-12,14,22H,4,6,8-10H2,1-3H3,(H,24,25)/b13-7-,16-5+. The number of allylic oxidation sites excluding steroid dienone is 3. The molecule has 6 nitrogen and oxygen atoms in total. The highest BCUT2D eigenvalue weighted by molar-refractivity contribution is 5.87. The Bertz CT molecular complexity index is 761. The Hall–Kier alpha value is -2.50. The molecule has 2 N–H and O–H groups in total. The summed E-state index contributed by atoms with van der Waals surface area (Å²) < 4.78 is 1.61. The molecule has 0 aliphatic carbocycles. The van der Waals surface area contributed by atoms with Gasteiger partial charge in [0.1, 0.15) is 5.56 Å². The molecular formula is C19H26N2O4. The summed E-state index contributed by atoms with van der Waals surface area (Å²) >= 11 is 0. The molecule has 2 rings (SSSR count). The van der Waals surface area contributed by atoms with Crippen LogP contribution in [-0.2, 0) is 6.54 Å². The monoisotopic (exact) mass is 346 g/mol. The lowest BCUT2D eigenvalue weighted by Gasteiger charge is -2.30. The fraction of sp³-hybridized carbons (Fsp3) is 0.474. The highest BCUT2D eigenvalue weighted by atomic mass is 16.4. The molecule has 0 bridgehead atoms. The van der Waals surface area contributed by atoms with Crippen LogP contribution in [0.4, 0.5) is 0 Å². The van der Waals surface area contributed by atoms with Gasteiger partial charge in [-0.1, -0.05) is 19.1 Å². The summed E-state index contributed by atoms with van der Waals surface area (Å²) in [6.07, 6.45) is 9.92. The molecule has 1 unspecified atom stereocenters. The van der Waals surface area contributed by atoms with Crippen molar-refractivity contribution in [1.82, 2.24) is 9.47 Å². The molecule has 0 saturated carbocycles. The first-order chi connectivity index (χ1) is 11.9. The van der Waals surface area contributed by atoms with Crippen LogP contribution in [0.2, 0.25) is 0 Å². The third-order valence-electron chi connectivity index (χ3n) is 4.59. The summed E-state index contributed by atoms with van der Waals surface area (Å²) in [5.74, 6) is -1.86. The molecule has 136 valence electrons. The Morgan fingerprint density at radius 2 is 2.12 bits per heavy atom. The predicted molar refractivity (Wildman–Crippen MR) is 96.9 cm³/mol. The Morgan fingerprint density at radius 3 is 2.72 bits per heavy atom. The molecule has 1 aromatic rings. The summed E-state index contributed by atoms with van der Waals surface area (Å²) in [5.41, 5.74) is 1.17. The topological polar surface area (TPSA) is 82.8 Å². The first kappa shape index (κ1) is 18.8. The van der Waals surface area contributed by atoms with Crippen molar-refractivity contribution in [2.24, 2.45) is 0 Å². The number of carbonyl (C=O) groups is 1. The molecule has 25 heavy (non-hydrogen) atoms. The fourth-order valence-electron chi connectivity index (χ4n) is 3.49. The molecule has 0 radical (unpaired) electrons. The molecule has 0 spiro atoms. The zero-order chi connectivity index (χ0) is 18.6. The molecule has 1 atom stereocenters. The molecule has 1 fully saturated rings. The molecule has 1 aromatic heterocycles. The minimum atomic E-state index is -1.33. The van der Waals surface area contributed by atoms with Crippen molar-refractivity contribution in [3.05, 3.63) is 51.6 Å². The number of aromatic carboxylic acids is 1. The lowest BCUT2D eigenvalue weighted by Crippen LogP contribution is -2.33. The van der Waals surface area contributed by atoms with Gasteiger partial charge in [0.25, 0.3) is 0 Å². The number of pyridine rings is 1. The lowest BCUT2D eigenvalue weighted by atomic mass is 10.1. The van der Waals surface area contributed by atoms with Gasteiger partial charge in [0, 0.05) is 37.2 Å². The van der Waals surface area contributed by atoms with Crippen LogP contribution in [-0.4, -0.2) is 38.2 Å². The highest BCUT2D eigenvalue weighted by Gasteiger charge is 2.27. The second-order valence-electron chi connectivity index (χ2n) is 6.35. The predicted octanol–water partition coefficient (Wildman–Crippen LogP) is 2.98. The smallest absolute Gasteiger partial charge is 0.341 e. The minimum Gasteiger partial charge on any atom is -0.503 e. The number of nitrogens with zero attached hydrogens (tertiary/aromatic N) is 2. The van der Waals surface area contributed by atoms with Crippen LogP contribution in [0.15, 0.2) is 40.6 Å². The van der Waals surface area contributed by atoms with Crippen LogP contribution in [0.25, 0.3) is 0 Å². The van der Waals surface area contributed by atoms with E-state index in [0.717, 1.165) is 25.8 Å². The average Bonchev–Trinajstić information content (AvgIpc) is 2.99. The van der Waals surface area contributed by atoms with E-state index < -0.39 is 22.7 Å². The molecule has 0 aromatic carbocycles. The third kappa shape index (κ3) is 4.13. The Labute approximate surface area is 147 Å². The van der Waals surface area contributed by atoms with Crippen LogP contribution in [0.5, 0.6) is 5.75 Å². The van der Waals surface area contributed by atoms with E-state index in [0.29, 0.717) is 6.54 Å². The Morgan fingerprint density at radius 1 is 1.40 bits per heavy atom. The molecule has 1 saturated heterocycles. The second-order valence-corrected chi connectivity index (χ2v) is 6.35. The van der Waals surface area contributed by atoms with Crippen LogP contribution in [0, 0.1) is 0 Å². The van der Waals surface area contributed by atoms with E-state index in [1.54, 1.807) is 4.57 Å². The van der Waals surface area contributed by atoms with E-state index >= 15 is 0 Å². The normalized spacial score (nSPS) is 18.7. The van der Waals surface area contributed by atoms with Crippen LogP contribution < -0.4 is 5.43 Å². The number of rotatable bonds is 6. The van der Waals surface area contributed by atoms with Gasteiger partial charge in [0.2, 0.25) is 5.43 Å². The van der Waals surface area contributed by atoms with Gasteiger partial charge in [0.15, 0.2) is 5.75 Å². The van der Waals surface area contributed by atoms with E-state index in [4.69, 9.17) is 5.11 Å². The third-order valence-corrected chi connectivity index (χ3v) is 4.59. The van der Waals surface area contributed by atoms with Gasteiger partial charge in [-0.15, -0.1) is 0 Å². The number of hydrogen-bond donors (Lipinski definition) is 2. The Kier molecular flexibility index (Phi) is 6.07. The zero-order valence-electron chi connectivity index (χ0n) is 15.0. The van der Waals surface area contributed by atoms with Crippen molar-refractivity contribution in [2.75, 3.05) is 6.54 Å². The number of aromatic nitrogens is 1. The Balaban J connectivity index is 2.29. The van der Waals surface area contributed by atoms with Crippen LogP contribution in [0.1, 0.15) is 50.4 Å². The molecule has 1 aliphatic rings. The van der Waals surface area contributed by atoms with Gasteiger partial charge in [0.05, 0.1) is 0 Å². The average molecular weight is 346 g/mol. The lowest BCUT2D eigenvalue weighted by molar-refractivity contribution is 0.0693. The number of aromatic hydroxyl groups is 1. The van der Waals surface area contributed by atoms with Gasteiger partial charge in [-0.05, 0) is 38.7 Å². The van der Waals surface area contributed by atoms with Gasteiger partial charge < -0.3 is 19.7 Å². The first-order valence-electron chi connectivity index (χ1n) is 8.65. The van der Waals surface area contributed by atoms with E-state index in [1.807, 2.05) is 6.92 Å². The maximum atomic E-state index is 11.7. The molecule has 6 heteroatoms. The van der Waals surface area contributed by atoms with Crippen molar-refractivity contribution in [3.63, 3.8) is 0 Å². The summed E-state index contributed by atoms with van der Waals surface area (Å²) in [5, 5.41) is 18.9. The van der Waals surface area contributed by atoms with E-state index in [-0.39, 0.29) is 6.04 Å². The van der Waals surface area contributed by atoms with Crippen LogP contribution in [0.3, 0.4) is 0 Å². The summed E-state index contributed by atoms with van der Waals surface area (Å²) in [7, 11) is 0. The maximum Gasteiger partial charge on any atom is 0.341 e. The highest BCUT2D eigenvalue weighted by Crippen LogP contribution is 2.28. The van der Waals surface area contributed by atoms with Crippen molar-refractivity contribution in [2.45, 2.75) is 52.6 Å². The molecule has 0 amide bonds. The number of hydrogen-bond acceptors (Lipinski definition) is 4. The fourth-order valence-corrected chi connectivity index (χ4v) is 3.49.